The van der Waals surface area contributed by atoms with E-state index >= 15 is 0 Å². The molecule has 0 spiro atoms. The van der Waals surface area contributed by atoms with E-state index in [0.29, 0.717) is 0 Å². The maximum atomic E-state index is 2.18. The van der Waals surface area contributed by atoms with Crippen LogP contribution in [0.2, 0.25) is 0 Å². The van der Waals surface area contributed by atoms with Gasteiger partial charge in [-0.05, 0) is 19.1 Å². The van der Waals surface area contributed by atoms with Crippen molar-refractivity contribution in [1.82, 2.24) is 4.48 Å². The van der Waals surface area contributed by atoms with E-state index in [2.05, 4.69) is 52.3 Å². The fourth-order valence-corrected chi connectivity index (χ4v) is 0.992. The first-order valence-electron chi connectivity index (χ1n) is 3.89. The molecule has 0 fully saturated rings. The molecule has 0 aliphatic heterocycles. The average Bonchev–Trinajstić information content (AvgIpc) is 1.86. The maximum absolute atomic E-state index is 2.18. The van der Waals surface area contributed by atoms with Gasteiger partial charge in [-0.25, -0.2) is 0 Å². The largest absolute Gasteiger partial charge is 0.298 e. The Hall–Kier alpha value is -0.820. The van der Waals surface area contributed by atoms with E-state index in [1.165, 1.54) is 11.3 Å². The molecule has 0 radical (unpaired) electrons. The van der Waals surface area contributed by atoms with Gasteiger partial charge >= 0.3 is 0 Å². The van der Waals surface area contributed by atoms with Gasteiger partial charge in [-0.15, -0.1) is 0 Å². The molecule has 0 heterocycles. The number of hydrogen-bond acceptors (Lipinski definition) is 0. The quantitative estimate of drug-likeness (QED) is 0.538. The highest BCUT2D eigenvalue weighted by Crippen LogP contribution is 2.16. The lowest BCUT2D eigenvalue weighted by atomic mass is 10.2. The molecule has 0 aromatic heterocycles. The van der Waals surface area contributed by atoms with E-state index in [-0.39, 0.29) is 0 Å². The molecule has 0 unspecified atom stereocenters. The molecule has 60 valence electrons. The molecule has 0 aliphatic rings. The molecule has 1 aromatic rings. The summed E-state index contributed by atoms with van der Waals surface area (Å²) < 4.78 is 0.889. The van der Waals surface area contributed by atoms with Crippen LogP contribution in [0.25, 0.3) is 0 Å². The van der Waals surface area contributed by atoms with Crippen LogP contribution in [-0.4, -0.2) is 21.1 Å². The number of hydrogen-bond donors (Lipinski definition) is 0. The first-order chi connectivity index (χ1) is 5.00. The van der Waals surface area contributed by atoms with Gasteiger partial charge in [0, 0.05) is 0 Å². The zero-order valence-electron chi connectivity index (χ0n) is 7.76. The summed E-state index contributed by atoms with van der Waals surface area (Å²) in [6.45, 7) is 2.11. The first kappa shape index (κ1) is 8.28. The second-order valence-electron chi connectivity index (χ2n) is 3.85. The van der Waals surface area contributed by atoms with Crippen molar-refractivity contribution in [2.75, 3.05) is 21.1 Å². The molecule has 0 atom stereocenters. The Morgan fingerprint density at radius 1 is 0.909 bits per heavy atom. The molecule has 1 rings (SSSR count). The van der Waals surface area contributed by atoms with Crippen molar-refractivity contribution in [3.8, 4) is 0 Å². The summed E-state index contributed by atoms with van der Waals surface area (Å²) in [7, 11) is 6.51. The fraction of sp³-hybridized carbons (Fsp3) is 0.400. The molecule has 0 saturated carbocycles. The lowest BCUT2D eigenvalue weighted by molar-refractivity contribution is 0.486. The van der Waals surface area contributed by atoms with Crippen molar-refractivity contribution in [2.45, 2.75) is 6.92 Å². The van der Waals surface area contributed by atoms with E-state index < -0.39 is 0 Å². The normalized spacial score (nSPS) is 11.6. The summed E-state index contributed by atoms with van der Waals surface area (Å²) in [5.41, 5.74) is 2.66. The van der Waals surface area contributed by atoms with Gasteiger partial charge in [-0.2, -0.15) is 0 Å². The third kappa shape index (κ3) is 2.05. The smallest absolute Gasteiger partial charge is 0.132 e. The van der Waals surface area contributed by atoms with Crippen LogP contribution in [0.1, 0.15) is 5.56 Å². The van der Waals surface area contributed by atoms with Gasteiger partial charge in [-0.3, -0.25) is 4.48 Å². The van der Waals surface area contributed by atoms with Crippen LogP contribution in [0.3, 0.4) is 0 Å². The number of aryl methyl sites for hydroxylation is 1. The van der Waals surface area contributed by atoms with Crippen LogP contribution in [-0.2, 0) is 0 Å². The van der Waals surface area contributed by atoms with E-state index in [4.69, 9.17) is 0 Å². The highest BCUT2D eigenvalue weighted by molar-refractivity contribution is 5.42. The van der Waals surface area contributed by atoms with Crippen LogP contribution in [0, 0.1) is 6.92 Å². The number of nitrogens with zero attached hydrogens (tertiary/aromatic N) is 1. The summed E-state index contributed by atoms with van der Waals surface area (Å²) in [6, 6.07) is 8.66. The monoisotopic (exact) mass is 150 g/mol. The topological polar surface area (TPSA) is 0 Å². The zero-order valence-corrected chi connectivity index (χ0v) is 7.76. The van der Waals surface area contributed by atoms with Gasteiger partial charge in [0.25, 0.3) is 0 Å². The predicted molar refractivity (Wildman–Crippen MR) is 50.7 cm³/mol. The van der Waals surface area contributed by atoms with Crippen molar-refractivity contribution in [3.05, 3.63) is 29.8 Å². The molecule has 1 heteroatoms. The molecule has 1 nitrogen and oxygen atoms in total. The van der Waals surface area contributed by atoms with Crippen LogP contribution in [0.15, 0.2) is 24.3 Å². The first-order valence-corrected chi connectivity index (χ1v) is 3.89. The Labute approximate surface area is 68.9 Å². The van der Waals surface area contributed by atoms with E-state index in [1.807, 2.05) is 0 Å². The standard InChI is InChI=1S/C10H16N/c1-9-5-7-10(8-6-9)11(2,3)4/h5-8H,1-4H3/q+1. The van der Waals surface area contributed by atoms with Crippen molar-refractivity contribution < 1.29 is 0 Å². The van der Waals surface area contributed by atoms with Crippen LogP contribution in [0.5, 0.6) is 0 Å². The highest BCUT2D eigenvalue weighted by atomic mass is 15.3. The van der Waals surface area contributed by atoms with E-state index in [0.717, 1.165) is 4.48 Å². The number of quaternary nitrogens is 1. The molecular weight excluding hydrogens is 134 g/mol. The summed E-state index contributed by atoms with van der Waals surface area (Å²) in [6.07, 6.45) is 0. The Balaban J connectivity index is 2.99. The third-order valence-electron chi connectivity index (χ3n) is 1.81. The molecule has 0 saturated heterocycles. The Morgan fingerprint density at radius 3 is 1.73 bits per heavy atom. The average molecular weight is 150 g/mol. The van der Waals surface area contributed by atoms with Crippen LogP contribution >= 0.6 is 0 Å². The molecule has 1 aromatic carbocycles. The van der Waals surface area contributed by atoms with Gasteiger partial charge in [0.15, 0.2) is 0 Å². The highest BCUT2D eigenvalue weighted by Gasteiger charge is 2.09. The second kappa shape index (κ2) is 2.67. The van der Waals surface area contributed by atoms with Gasteiger partial charge in [-0.1, -0.05) is 17.7 Å². The SMILES string of the molecule is Cc1ccc([N+](C)(C)C)cc1. The number of benzene rings is 1. The summed E-state index contributed by atoms with van der Waals surface area (Å²) in [4.78, 5) is 0. The Bertz CT molecular complexity index is 228. The van der Waals surface area contributed by atoms with Crippen molar-refractivity contribution >= 4 is 5.69 Å². The fourth-order valence-electron chi connectivity index (χ4n) is 0.992. The lowest BCUT2D eigenvalue weighted by Crippen LogP contribution is -2.34. The molecule has 0 N–H and O–H groups in total. The second-order valence-corrected chi connectivity index (χ2v) is 3.85. The Kier molecular flexibility index (Phi) is 2.01. The molecular formula is C10H16N+. The molecule has 0 amide bonds. The number of rotatable bonds is 1. The van der Waals surface area contributed by atoms with Crippen LogP contribution < -0.4 is 4.48 Å². The Morgan fingerprint density at radius 2 is 1.36 bits per heavy atom. The molecule has 0 bridgehead atoms. The maximum Gasteiger partial charge on any atom is 0.132 e. The van der Waals surface area contributed by atoms with E-state index in [9.17, 15) is 0 Å². The van der Waals surface area contributed by atoms with Crippen molar-refractivity contribution in [1.29, 1.82) is 0 Å². The van der Waals surface area contributed by atoms with Gasteiger partial charge in [0.2, 0.25) is 0 Å². The van der Waals surface area contributed by atoms with Crippen LogP contribution in [0.4, 0.5) is 5.69 Å². The minimum absolute atomic E-state index is 0.889. The third-order valence-corrected chi connectivity index (χ3v) is 1.81. The van der Waals surface area contributed by atoms with Gasteiger partial charge < -0.3 is 0 Å². The minimum atomic E-state index is 0.889. The molecule has 11 heavy (non-hydrogen) atoms. The predicted octanol–water partition coefficient (Wildman–Crippen LogP) is 2.19. The summed E-state index contributed by atoms with van der Waals surface area (Å²) >= 11 is 0. The van der Waals surface area contributed by atoms with Crippen molar-refractivity contribution in [2.24, 2.45) is 0 Å². The van der Waals surface area contributed by atoms with Gasteiger partial charge in [0.05, 0.1) is 21.1 Å². The van der Waals surface area contributed by atoms with E-state index in [1.54, 1.807) is 0 Å². The lowest BCUT2D eigenvalue weighted by Gasteiger charge is -2.23. The zero-order chi connectivity index (χ0) is 8.48. The van der Waals surface area contributed by atoms with Crippen molar-refractivity contribution in [3.63, 3.8) is 0 Å². The summed E-state index contributed by atoms with van der Waals surface area (Å²) in [5.74, 6) is 0. The van der Waals surface area contributed by atoms with Gasteiger partial charge in [0.1, 0.15) is 5.69 Å². The molecule has 0 aliphatic carbocycles. The minimum Gasteiger partial charge on any atom is -0.298 e. The summed E-state index contributed by atoms with van der Waals surface area (Å²) in [5, 5.41) is 0.